The SMILES string of the molecule is CSC(C)(C)n1cnnn1. The maximum Gasteiger partial charge on any atom is 0.139 e. The predicted molar refractivity (Wildman–Crippen MR) is 40.7 cm³/mol. The van der Waals surface area contributed by atoms with Crippen molar-refractivity contribution in [3.8, 4) is 0 Å². The van der Waals surface area contributed by atoms with Crippen LogP contribution in [0.1, 0.15) is 13.8 Å². The number of hydrogen-bond acceptors (Lipinski definition) is 4. The van der Waals surface area contributed by atoms with Gasteiger partial charge in [0, 0.05) is 0 Å². The minimum atomic E-state index is -0.0382. The Hall–Kier alpha value is -0.580. The van der Waals surface area contributed by atoms with Crippen LogP contribution in [-0.2, 0) is 4.87 Å². The normalized spacial score (nSPS) is 11.9. The van der Waals surface area contributed by atoms with Gasteiger partial charge in [-0.3, -0.25) is 0 Å². The molecule has 0 saturated heterocycles. The molecular weight excluding hydrogens is 148 g/mol. The first-order chi connectivity index (χ1) is 4.67. The Morgan fingerprint density at radius 1 is 1.50 bits per heavy atom. The minimum Gasteiger partial charge on any atom is -0.217 e. The van der Waals surface area contributed by atoms with Gasteiger partial charge in [0.2, 0.25) is 0 Å². The van der Waals surface area contributed by atoms with Crippen molar-refractivity contribution in [3.63, 3.8) is 0 Å². The molecule has 0 saturated carbocycles. The average molecular weight is 158 g/mol. The van der Waals surface area contributed by atoms with Crippen LogP contribution in [0, 0.1) is 0 Å². The molecule has 0 unspecified atom stereocenters. The second kappa shape index (κ2) is 2.57. The third kappa shape index (κ3) is 1.29. The largest absolute Gasteiger partial charge is 0.217 e. The zero-order valence-electron chi connectivity index (χ0n) is 6.27. The van der Waals surface area contributed by atoms with Crippen LogP contribution < -0.4 is 0 Å². The van der Waals surface area contributed by atoms with Gasteiger partial charge in [0.25, 0.3) is 0 Å². The molecule has 1 aromatic heterocycles. The molecule has 0 fully saturated rings. The highest BCUT2D eigenvalue weighted by Crippen LogP contribution is 2.24. The Balaban J connectivity index is 2.85. The van der Waals surface area contributed by atoms with Gasteiger partial charge in [-0.15, -0.1) is 16.9 Å². The minimum absolute atomic E-state index is 0.0382. The van der Waals surface area contributed by atoms with E-state index in [9.17, 15) is 0 Å². The Labute approximate surface area is 64.0 Å². The first kappa shape index (κ1) is 7.53. The van der Waals surface area contributed by atoms with Crippen molar-refractivity contribution in [3.05, 3.63) is 6.33 Å². The molecule has 56 valence electrons. The van der Waals surface area contributed by atoms with Crippen LogP contribution in [0.3, 0.4) is 0 Å². The molecule has 10 heavy (non-hydrogen) atoms. The smallest absolute Gasteiger partial charge is 0.139 e. The molecule has 0 aromatic carbocycles. The topological polar surface area (TPSA) is 43.6 Å². The quantitative estimate of drug-likeness (QED) is 0.636. The van der Waals surface area contributed by atoms with Gasteiger partial charge in [0.1, 0.15) is 11.2 Å². The van der Waals surface area contributed by atoms with Crippen LogP contribution in [0.5, 0.6) is 0 Å². The van der Waals surface area contributed by atoms with E-state index in [0.29, 0.717) is 0 Å². The summed E-state index contributed by atoms with van der Waals surface area (Å²) >= 11 is 1.71. The van der Waals surface area contributed by atoms with E-state index in [-0.39, 0.29) is 4.87 Å². The molecule has 0 aliphatic heterocycles. The van der Waals surface area contributed by atoms with E-state index in [1.165, 1.54) is 0 Å². The molecule has 1 aromatic rings. The lowest BCUT2D eigenvalue weighted by molar-refractivity contribution is 0.464. The fraction of sp³-hybridized carbons (Fsp3) is 0.800. The predicted octanol–water partition coefficient (Wildman–Crippen LogP) is 0.729. The number of rotatable bonds is 2. The lowest BCUT2D eigenvalue weighted by Gasteiger charge is -2.20. The van der Waals surface area contributed by atoms with Crippen LogP contribution in [-0.4, -0.2) is 26.5 Å². The molecule has 0 aliphatic rings. The molecule has 0 atom stereocenters. The second-order valence-corrected chi connectivity index (χ2v) is 3.81. The molecule has 1 rings (SSSR count). The van der Waals surface area contributed by atoms with E-state index in [0.717, 1.165) is 0 Å². The first-order valence-corrected chi connectivity index (χ1v) is 4.18. The molecule has 0 aliphatic carbocycles. The fourth-order valence-corrected chi connectivity index (χ4v) is 0.772. The van der Waals surface area contributed by atoms with Crippen molar-refractivity contribution in [2.75, 3.05) is 6.26 Å². The van der Waals surface area contributed by atoms with Crippen LogP contribution in [0.4, 0.5) is 0 Å². The number of thioether (sulfide) groups is 1. The summed E-state index contributed by atoms with van der Waals surface area (Å²) < 4.78 is 1.73. The van der Waals surface area contributed by atoms with E-state index in [1.807, 2.05) is 6.26 Å². The average Bonchev–Trinajstić information content (AvgIpc) is 2.38. The standard InChI is InChI=1S/C5H10N4S/c1-5(2,10-3)9-4-6-7-8-9/h4H,1-3H3. The third-order valence-electron chi connectivity index (χ3n) is 1.40. The van der Waals surface area contributed by atoms with E-state index in [4.69, 9.17) is 0 Å². The molecule has 0 bridgehead atoms. The molecule has 0 radical (unpaired) electrons. The summed E-state index contributed by atoms with van der Waals surface area (Å²) in [5.41, 5.74) is 0. The van der Waals surface area contributed by atoms with E-state index in [1.54, 1.807) is 22.8 Å². The maximum absolute atomic E-state index is 3.79. The zero-order valence-corrected chi connectivity index (χ0v) is 7.09. The summed E-state index contributed by atoms with van der Waals surface area (Å²) in [7, 11) is 0. The van der Waals surface area contributed by atoms with Gasteiger partial charge >= 0.3 is 0 Å². The lowest BCUT2D eigenvalue weighted by Crippen LogP contribution is -2.22. The van der Waals surface area contributed by atoms with Gasteiger partial charge in [0.05, 0.1) is 0 Å². The van der Waals surface area contributed by atoms with Crippen molar-refractivity contribution in [1.29, 1.82) is 0 Å². The lowest BCUT2D eigenvalue weighted by atomic mass is 10.4. The number of tetrazole rings is 1. The van der Waals surface area contributed by atoms with Gasteiger partial charge < -0.3 is 0 Å². The van der Waals surface area contributed by atoms with Gasteiger partial charge in [0.15, 0.2) is 0 Å². The number of aromatic nitrogens is 4. The van der Waals surface area contributed by atoms with Crippen LogP contribution in [0.25, 0.3) is 0 Å². The highest BCUT2D eigenvalue weighted by Gasteiger charge is 2.18. The first-order valence-electron chi connectivity index (χ1n) is 2.95. The number of hydrogen-bond donors (Lipinski definition) is 0. The summed E-state index contributed by atoms with van der Waals surface area (Å²) in [6, 6.07) is 0. The Bertz CT molecular complexity index is 193. The summed E-state index contributed by atoms with van der Waals surface area (Å²) in [6.45, 7) is 4.13. The number of nitrogens with zero attached hydrogens (tertiary/aromatic N) is 4. The highest BCUT2D eigenvalue weighted by molar-refractivity contribution is 7.99. The Kier molecular flexibility index (Phi) is 1.94. The van der Waals surface area contributed by atoms with Crippen molar-refractivity contribution in [1.82, 2.24) is 20.2 Å². The monoisotopic (exact) mass is 158 g/mol. The molecule has 0 N–H and O–H groups in total. The van der Waals surface area contributed by atoms with Crippen molar-refractivity contribution in [2.45, 2.75) is 18.7 Å². The molecule has 5 heteroatoms. The summed E-state index contributed by atoms with van der Waals surface area (Å²) in [5, 5.41) is 10.9. The summed E-state index contributed by atoms with van der Waals surface area (Å²) in [5.74, 6) is 0. The Morgan fingerprint density at radius 3 is 2.60 bits per heavy atom. The molecular formula is C5H10N4S. The summed E-state index contributed by atoms with van der Waals surface area (Å²) in [6.07, 6.45) is 3.65. The molecule has 0 amide bonds. The molecule has 0 spiro atoms. The van der Waals surface area contributed by atoms with Gasteiger partial charge in [-0.05, 0) is 30.5 Å². The van der Waals surface area contributed by atoms with Crippen LogP contribution in [0.15, 0.2) is 6.33 Å². The van der Waals surface area contributed by atoms with Crippen molar-refractivity contribution in [2.24, 2.45) is 0 Å². The second-order valence-electron chi connectivity index (χ2n) is 2.41. The zero-order chi connectivity index (χ0) is 7.61. The van der Waals surface area contributed by atoms with E-state index < -0.39 is 0 Å². The maximum atomic E-state index is 3.79. The summed E-state index contributed by atoms with van der Waals surface area (Å²) in [4.78, 5) is -0.0382. The van der Waals surface area contributed by atoms with E-state index in [2.05, 4.69) is 29.4 Å². The van der Waals surface area contributed by atoms with Crippen molar-refractivity contribution < 1.29 is 0 Å². The molecule has 4 nitrogen and oxygen atoms in total. The van der Waals surface area contributed by atoms with Crippen molar-refractivity contribution >= 4 is 11.8 Å². The fourth-order valence-electron chi connectivity index (χ4n) is 0.502. The highest BCUT2D eigenvalue weighted by atomic mass is 32.2. The van der Waals surface area contributed by atoms with Crippen LogP contribution in [0.2, 0.25) is 0 Å². The van der Waals surface area contributed by atoms with Gasteiger partial charge in [-0.2, -0.15) is 0 Å². The molecule has 1 heterocycles. The van der Waals surface area contributed by atoms with Crippen LogP contribution >= 0.6 is 11.8 Å². The van der Waals surface area contributed by atoms with Gasteiger partial charge in [-0.1, -0.05) is 0 Å². The Morgan fingerprint density at radius 2 is 2.20 bits per heavy atom. The third-order valence-corrected chi connectivity index (χ3v) is 2.59. The van der Waals surface area contributed by atoms with E-state index >= 15 is 0 Å². The van der Waals surface area contributed by atoms with Gasteiger partial charge in [-0.25, -0.2) is 4.68 Å².